The van der Waals surface area contributed by atoms with E-state index in [2.05, 4.69) is 16.3 Å². The Hall–Kier alpha value is -1.69. The lowest BCUT2D eigenvalue weighted by atomic mass is 10.1. The molecule has 1 aliphatic heterocycles. The van der Waals surface area contributed by atoms with Crippen molar-refractivity contribution in [2.24, 2.45) is 5.92 Å². The highest BCUT2D eigenvalue weighted by Gasteiger charge is 2.30. The van der Waals surface area contributed by atoms with E-state index in [4.69, 9.17) is 0 Å². The summed E-state index contributed by atoms with van der Waals surface area (Å²) in [6.07, 6.45) is 2.23. The first kappa shape index (κ1) is 11.8. The Kier molecular flexibility index (Phi) is 3.23. The Morgan fingerprint density at radius 3 is 3.12 bits per heavy atom. The van der Waals surface area contributed by atoms with Gasteiger partial charge < -0.3 is 4.74 Å². The first-order valence-electron chi connectivity index (χ1n) is 5.12. The third-order valence-corrected chi connectivity index (χ3v) is 3.47. The summed E-state index contributed by atoms with van der Waals surface area (Å²) in [5.41, 5.74) is 0.238. The van der Waals surface area contributed by atoms with Gasteiger partial charge >= 0.3 is 5.97 Å². The van der Waals surface area contributed by atoms with Crippen molar-refractivity contribution in [1.29, 1.82) is 0 Å². The second-order valence-electron chi connectivity index (χ2n) is 3.71. The maximum Gasteiger partial charge on any atom is 0.357 e. The fraction of sp³-hybridized carbons (Fsp3) is 0.364. The number of carbonyl (C=O) groups excluding carboxylic acids is 2. The molecule has 2 rings (SSSR count). The molecule has 17 heavy (non-hydrogen) atoms. The molecule has 0 N–H and O–H groups in total. The molecule has 1 atom stereocenters. The van der Waals surface area contributed by atoms with Gasteiger partial charge in [-0.1, -0.05) is 6.08 Å². The molecule has 1 fully saturated rings. The first-order chi connectivity index (χ1) is 8.15. The van der Waals surface area contributed by atoms with E-state index in [0.29, 0.717) is 18.1 Å². The Morgan fingerprint density at radius 2 is 2.53 bits per heavy atom. The number of thiazole rings is 1. The lowest BCUT2D eigenvalue weighted by Gasteiger charge is -2.11. The number of ether oxygens (including phenoxy) is 1. The average Bonchev–Trinajstić information content (AvgIpc) is 2.94. The quantitative estimate of drug-likeness (QED) is 0.603. The van der Waals surface area contributed by atoms with Gasteiger partial charge in [0, 0.05) is 24.3 Å². The van der Waals surface area contributed by atoms with Crippen LogP contribution >= 0.6 is 11.3 Å². The third-order valence-electron chi connectivity index (χ3n) is 2.61. The molecule has 0 aliphatic carbocycles. The molecular formula is C11H12N2O3S. The molecule has 0 radical (unpaired) electrons. The molecule has 1 saturated heterocycles. The van der Waals surface area contributed by atoms with Crippen molar-refractivity contribution in [3.63, 3.8) is 0 Å². The zero-order chi connectivity index (χ0) is 12.4. The number of anilines is 1. The molecule has 2 heterocycles. The van der Waals surface area contributed by atoms with E-state index in [1.54, 1.807) is 16.4 Å². The van der Waals surface area contributed by atoms with E-state index in [-0.39, 0.29) is 17.5 Å². The van der Waals surface area contributed by atoms with E-state index in [1.165, 1.54) is 18.4 Å². The lowest BCUT2D eigenvalue weighted by molar-refractivity contribution is -0.117. The van der Waals surface area contributed by atoms with Crippen LogP contribution in [0.15, 0.2) is 18.0 Å². The van der Waals surface area contributed by atoms with E-state index in [9.17, 15) is 9.59 Å². The standard InChI is InChI=1S/C11H12N2O3S/c1-3-7-4-9(14)13(5-7)11-12-8(6-17-11)10(15)16-2/h3,6-7H,1,4-5H2,2H3. The van der Waals surface area contributed by atoms with Crippen molar-refractivity contribution < 1.29 is 14.3 Å². The van der Waals surface area contributed by atoms with Crippen LogP contribution in [-0.2, 0) is 9.53 Å². The Balaban J connectivity index is 2.18. The molecule has 1 aromatic rings. The molecule has 1 aromatic heterocycles. The van der Waals surface area contributed by atoms with E-state index in [0.717, 1.165) is 0 Å². The van der Waals surface area contributed by atoms with Gasteiger partial charge in [-0.15, -0.1) is 17.9 Å². The summed E-state index contributed by atoms with van der Waals surface area (Å²) in [7, 11) is 1.30. The van der Waals surface area contributed by atoms with Gasteiger partial charge in [-0.25, -0.2) is 9.78 Å². The number of hydrogen-bond acceptors (Lipinski definition) is 5. The molecule has 1 amide bonds. The summed E-state index contributed by atoms with van der Waals surface area (Å²) in [5.74, 6) is -0.312. The van der Waals surface area contributed by atoms with E-state index >= 15 is 0 Å². The van der Waals surface area contributed by atoms with Crippen molar-refractivity contribution >= 4 is 28.3 Å². The van der Waals surface area contributed by atoms with Crippen LogP contribution in [-0.4, -0.2) is 30.5 Å². The van der Waals surface area contributed by atoms with Crippen LogP contribution in [0, 0.1) is 5.92 Å². The number of hydrogen-bond donors (Lipinski definition) is 0. The summed E-state index contributed by atoms with van der Waals surface area (Å²) in [4.78, 5) is 28.7. The molecule has 0 saturated carbocycles. The van der Waals surface area contributed by atoms with Crippen molar-refractivity contribution in [1.82, 2.24) is 4.98 Å². The predicted molar refractivity (Wildman–Crippen MR) is 64.1 cm³/mol. The minimum atomic E-state index is -0.487. The molecular weight excluding hydrogens is 240 g/mol. The molecule has 90 valence electrons. The molecule has 5 nitrogen and oxygen atoms in total. The van der Waals surface area contributed by atoms with Crippen LogP contribution in [0.3, 0.4) is 0 Å². The summed E-state index contributed by atoms with van der Waals surface area (Å²) in [6.45, 7) is 4.26. The number of rotatable bonds is 3. The summed E-state index contributed by atoms with van der Waals surface area (Å²) < 4.78 is 4.57. The monoisotopic (exact) mass is 252 g/mol. The maximum atomic E-state index is 11.7. The van der Waals surface area contributed by atoms with Crippen LogP contribution in [0.25, 0.3) is 0 Å². The predicted octanol–water partition coefficient (Wildman–Crippen LogP) is 1.47. The number of nitrogens with zero attached hydrogens (tertiary/aromatic N) is 2. The highest BCUT2D eigenvalue weighted by atomic mass is 32.1. The summed E-state index contributed by atoms with van der Waals surface area (Å²) in [5, 5.41) is 2.13. The van der Waals surface area contributed by atoms with Crippen molar-refractivity contribution in [2.45, 2.75) is 6.42 Å². The van der Waals surface area contributed by atoms with Crippen molar-refractivity contribution in [3.05, 3.63) is 23.7 Å². The fourth-order valence-corrected chi connectivity index (χ4v) is 2.49. The van der Waals surface area contributed by atoms with Gasteiger partial charge in [-0.2, -0.15) is 0 Å². The minimum Gasteiger partial charge on any atom is -0.464 e. The molecule has 6 heteroatoms. The number of esters is 1. The Labute approximate surface area is 103 Å². The van der Waals surface area contributed by atoms with Gasteiger partial charge in [-0.05, 0) is 0 Å². The molecule has 1 aliphatic rings. The number of aromatic nitrogens is 1. The zero-order valence-electron chi connectivity index (χ0n) is 9.38. The van der Waals surface area contributed by atoms with Crippen LogP contribution < -0.4 is 4.90 Å². The third kappa shape index (κ3) is 2.21. The van der Waals surface area contributed by atoms with Crippen LogP contribution in [0.2, 0.25) is 0 Å². The van der Waals surface area contributed by atoms with Crippen LogP contribution in [0.1, 0.15) is 16.9 Å². The molecule has 1 unspecified atom stereocenters. The largest absolute Gasteiger partial charge is 0.464 e. The molecule has 0 spiro atoms. The topological polar surface area (TPSA) is 59.5 Å². The zero-order valence-corrected chi connectivity index (χ0v) is 10.2. The highest BCUT2D eigenvalue weighted by molar-refractivity contribution is 7.14. The van der Waals surface area contributed by atoms with Gasteiger partial charge in [0.15, 0.2) is 10.8 Å². The Bertz CT molecular complexity index is 469. The normalized spacial score (nSPS) is 19.5. The summed E-state index contributed by atoms with van der Waals surface area (Å²) >= 11 is 1.27. The van der Waals surface area contributed by atoms with Gasteiger partial charge in [0.05, 0.1) is 7.11 Å². The summed E-state index contributed by atoms with van der Waals surface area (Å²) in [6, 6.07) is 0. The number of amides is 1. The fourth-order valence-electron chi connectivity index (χ4n) is 1.66. The average molecular weight is 252 g/mol. The Morgan fingerprint density at radius 1 is 1.76 bits per heavy atom. The van der Waals surface area contributed by atoms with Gasteiger partial charge in [-0.3, -0.25) is 9.69 Å². The van der Waals surface area contributed by atoms with Gasteiger partial charge in [0.25, 0.3) is 0 Å². The maximum absolute atomic E-state index is 11.7. The van der Waals surface area contributed by atoms with Crippen LogP contribution in [0.4, 0.5) is 5.13 Å². The second-order valence-corrected chi connectivity index (χ2v) is 4.55. The number of carbonyl (C=O) groups is 2. The smallest absolute Gasteiger partial charge is 0.357 e. The minimum absolute atomic E-state index is 0.0145. The number of methoxy groups -OCH3 is 1. The van der Waals surface area contributed by atoms with Crippen LogP contribution in [0.5, 0.6) is 0 Å². The molecule has 0 aromatic carbocycles. The first-order valence-corrected chi connectivity index (χ1v) is 6.00. The van der Waals surface area contributed by atoms with E-state index in [1.807, 2.05) is 0 Å². The highest BCUT2D eigenvalue weighted by Crippen LogP contribution is 2.28. The van der Waals surface area contributed by atoms with Gasteiger partial charge in [0.1, 0.15) is 0 Å². The second kappa shape index (κ2) is 4.67. The van der Waals surface area contributed by atoms with Gasteiger partial charge in [0.2, 0.25) is 5.91 Å². The SMILES string of the molecule is C=CC1CC(=O)N(c2nc(C(=O)OC)cs2)C1. The lowest BCUT2D eigenvalue weighted by Crippen LogP contribution is -2.24. The van der Waals surface area contributed by atoms with Crippen molar-refractivity contribution in [2.75, 3.05) is 18.6 Å². The molecule has 0 bridgehead atoms. The van der Waals surface area contributed by atoms with Crippen molar-refractivity contribution in [3.8, 4) is 0 Å². The van der Waals surface area contributed by atoms with E-state index < -0.39 is 5.97 Å².